The summed E-state index contributed by atoms with van der Waals surface area (Å²) in [5, 5.41) is 86.1. The summed E-state index contributed by atoms with van der Waals surface area (Å²) in [6.45, 7) is 0. The Morgan fingerprint density at radius 2 is 0.503 bits per heavy atom. The molecule has 0 aliphatic rings. The number of hydrogen-bond donors (Lipinski definition) is 0. The minimum Gasteiger partial charge on any atom is -0.310 e. The van der Waals surface area contributed by atoms with E-state index >= 15 is 0 Å². The molecule has 0 unspecified atom stereocenters. The second-order valence-corrected chi connectivity index (χ2v) is 37.5. The smallest absolute Gasteiger partial charge is 0.103 e. The summed E-state index contributed by atoms with van der Waals surface area (Å²) in [4.78, 5) is 2.28. The molecular formula is C136H79N13. The topological polar surface area (TPSA) is 176 Å². The van der Waals surface area contributed by atoms with E-state index in [1.165, 1.54) is 32.3 Å². The van der Waals surface area contributed by atoms with Crippen LogP contribution in [0.25, 0.3) is 230 Å². The summed E-state index contributed by atoms with van der Waals surface area (Å²) < 4.78 is 13.3. The summed E-state index contributed by atoms with van der Waals surface area (Å²) in [5.74, 6) is 0. The van der Waals surface area contributed by atoms with Crippen LogP contribution in [0.3, 0.4) is 0 Å². The maximum absolute atomic E-state index is 10.7. The van der Waals surface area contributed by atoms with E-state index in [0.717, 1.165) is 198 Å². The van der Waals surface area contributed by atoms with E-state index in [-0.39, 0.29) is 0 Å². The third kappa shape index (κ3) is 13.7. The molecule has 0 spiro atoms. The Kier molecular flexibility index (Phi) is 20.6. The Hall–Kier alpha value is -21.4. The molecule has 29 rings (SSSR count). The zero-order valence-corrected chi connectivity index (χ0v) is 79.9. The average Bonchev–Trinajstić information content (AvgIpc) is 1.54. The van der Waals surface area contributed by atoms with Gasteiger partial charge >= 0.3 is 0 Å². The zero-order chi connectivity index (χ0) is 99.6. The maximum Gasteiger partial charge on any atom is 0.103 e. The minimum atomic E-state index is 0.327. The van der Waals surface area contributed by atoms with Gasteiger partial charge in [0.05, 0.1) is 122 Å². The largest absolute Gasteiger partial charge is 0.310 e. The molecule has 6 heterocycles. The van der Waals surface area contributed by atoms with Gasteiger partial charge in [-0.25, -0.2) is 0 Å². The van der Waals surface area contributed by atoms with Gasteiger partial charge in [0.15, 0.2) is 0 Å². The molecule has 23 aromatic carbocycles. The van der Waals surface area contributed by atoms with E-state index in [9.17, 15) is 31.6 Å². The van der Waals surface area contributed by atoms with Crippen LogP contribution < -0.4 is 4.90 Å². The lowest BCUT2D eigenvalue weighted by molar-refractivity contribution is 1.09. The second-order valence-electron chi connectivity index (χ2n) is 37.5. The molecule has 0 aliphatic heterocycles. The molecule has 0 fully saturated rings. The molecule has 13 nitrogen and oxygen atoms in total. The lowest BCUT2D eigenvalue weighted by Gasteiger charge is -2.25. The quantitative estimate of drug-likeness (QED) is 0.116. The van der Waals surface area contributed by atoms with Crippen LogP contribution in [0.4, 0.5) is 17.1 Å². The number of para-hydroxylation sites is 8. The molecule has 0 aliphatic carbocycles. The third-order valence-electron chi connectivity index (χ3n) is 29.7. The number of rotatable bonds is 11. The molecule has 6 aromatic heterocycles. The van der Waals surface area contributed by atoms with Crippen LogP contribution in [-0.4, -0.2) is 27.4 Å². The molecule has 0 atom stereocenters. The Labute approximate surface area is 854 Å². The van der Waals surface area contributed by atoms with Gasteiger partial charge in [-0.1, -0.05) is 328 Å². The van der Waals surface area contributed by atoms with Gasteiger partial charge < -0.3 is 32.3 Å². The Balaban J connectivity index is 0.000000111. The minimum absolute atomic E-state index is 0.327. The van der Waals surface area contributed by atoms with E-state index in [4.69, 9.17) is 0 Å². The number of benzene rings is 23. The summed E-state index contributed by atoms with van der Waals surface area (Å²) in [5.41, 5.74) is 26.3. The Morgan fingerprint density at radius 1 is 0.168 bits per heavy atom. The van der Waals surface area contributed by atoms with E-state index in [1.54, 1.807) is 6.07 Å². The molecule has 0 N–H and O–H groups in total. The lowest BCUT2D eigenvalue weighted by atomic mass is 9.97. The molecule has 13 heteroatoms. The normalized spacial score (nSPS) is 11.4. The van der Waals surface area contributed by atoms with Crippen LogP contribution in [0.5, 0.6) is 0 Å². The van der Waals surface area contributed by atoms with Crippen molar-refractivity contribution in [3.63, 3.8) is 0 Å². The van der Waals surface area contributed by atoms with Gasteiger partial charge in [-0.2, -0.15) is 31.6 Å². The number of anilines is 3. The van der Waals surface area contributed by atoms with Crippen molar-refractivity contribution in [1.82, 2.24) is 27.4 Å². The fourth-order valence-electron chi connectivity index (χ4n) is 23.4. The molecule has 0 amide bonds. The SMILES string of the molecule is N#Cc1cc(-n2c3ccc(N(c4ccccc4)c4ccccc4)cc3c3c4ccccc4ccc32)cc(-n2c3ccccc3c3ccccc32)c1C#N.N#Cc1cc(-n2c3ccccc3c3c4ccccc4ccc32)cc(-n2c3ccc(-c4ccccc4)cc3c3cc(-c4ccccc4)ccc32)c1C#N.N#Cc1ccc(-n2c3ccccc3c3c4ccccc4c4ccccc4c32)c(-n2c3ccccc3c3ccccc32)c1C#N. The van der Waals surface area contributed by atoms with E-state index in [1.807, 2.05) is 91.0 Å². The van der Waals surface area contributed by atoms with Gasteiger partial charge in [0, 0.05) is 98.5 Å². The predicted molar refractivity (Wildman–Crippen MR) is 609 cm³/mol. The van der Waals surface area contributed by atoms with Crippen LogP contribution >= 0.6 is 0 Å². The van der Waals surface area contributed by atoms with Crippen molar-refractivity contribution in [2.75, 3.05) is 4.90 Å². The van der Waals surface area contributed by atoms with E-state index in [2.05, 4.69) is 451 Å². The van der Waals surface area contributed by atoms with Gasteiger partial charge in [-0.3, -0.25) is 0 Å². The first kappa shape index (κ1) is 86.7. The number of fused-ring (bicyclic) bond motifs is 27. The van der Waals surface area contributed by atoms with Crippen molar-refractivity contribution in [1.29, 1.82) is 31.6 Å². The zero-order valence-electron chi connectivity index (χ0n) is 79.9. The molecule has 0 saturated carbocycles. The van der Waals surface area contributed by atoms with Crippen LogP contribution in [0.15, 0.2) is 479 Å². The van der Waals surface area contributed by atoms with E-state index in [0.29, 0.717) is 50.4 Å². The van der Waals surface area contributed by atoms with Crippen molar-refractivity contribution in [3.05, 3.63) is 513 Å². The van der Waals surface area contributed by atoms with Crippen LogP contribution in [0, 0.1) is 68.0 Å². The van der Waals surface area contributed by atoms with Gasteiger partial charge in [0.25, 0.3) is 0 Å². The molecular weight excluding hydrogens is 1820 g/mol. The van der Waals surface area contributed by atoms with Gasteiger partial charge in [-0.15, -0.1) is 0 Å². The van der Waals surface area contributed by atoms with Crippen molar-refractivity contribution in [3.8, 4) is 92.8 Å². The number of hydrogen-bond acceptors (Lipinski definition) is 7. The molecule has 149 heavy (non-hydrogen) atoms. The summed E-state index contributed by atoms with van der Waals surface area (Å²) in [6.07, 6.45) is 0. The molecule has 0 bridgehead atoms. The lowest BCUT2D eigenvalue weighted by Crippen LogP contribution is -2.09. The maximum atomic E-state index is 10.7. The summed E-state index contributed by atoms with van der Waals surface area (Å²) >= 11 is 0. The fraction of sp³-hybridized carbons (Fsp3) is 0. The van der Waals surface area contributed by atoms with Crippen LogP contribution in [-0.2, 0) is 0 Å². The third-order valence-corrected chi connectivity index (χ3v) is 29.7. The fourth-order valence-corrected chi connectivity index (χ4v) is 23.4. The number of nitriles is 6. The standard InChI is InChI=1S/C48H29N5.C48H28N4.C40H22N4/c49-30-33-27-37(29-47(42(33)31-50)53-43-21-11-9-19-39(43)40-20-10-12-22-44(40)53)52-45-26-24-36(51(34-14-3-1-4-15-34)35-16-5-2-6-17-35)28-41(45)48-38-18-8-7-13-32(38)23-25-46(48)52;49-29-36-25-37(51-43-18-10-9-17-39(43)48-38-16-8-7-15-33(38)19-24-46(48)51)28-47(42(36)30-50)52-44-22-20-34(31-11-3-1-4-12-31)26-40(44)41-27-35(21-23-45(41)52)32-13-5-2-6-14-32;41-23-25-21-22-37(39(33(25)24-42)43-34-18-8-5-13-28(34)29-14-6-9-19-35(29)43)44-36-20-10-7-17-32(36)38-30-15-3-1-11-26(30)27-12-2-4-16-31(27)40(38)44/h1-29H;1-28H;1-22H. The van der Waals surface area contributed by atoms with Crippen molar-refractivity contribution >= 4 is 191 Å². The second kappa shape index (κ2) is 35.4. The molecule has 29 aromatic rings. The van der Waals surface area contributed by atoms with E-state index < -0.39 is 0 Å². The van der Waals surface area contributed by atoms with Crippen molar-refractivity contribution < 1.29 is 0 Å². The summed E-state index contributed by atoms with van der Waals surface area (Å²) in [6, 6.07) is 180. The number of nitrogens with zero attached hydrogens (tertiary/aromatic N) is 13. The van der Waals surface area contributed by atoms with Crippen molar-refractivity contribution in [2.45, 2.75) is 0 Å². The van der Waals surface area contributed by atoms with Crippen molar-refractivity contribution in [2.24, 2.45) is 0 Å². The number of aromatic nitrogens is 6. The molecule has 688 valence electrons. The Morgan fingerprint density at radius 3 is 0.953 bits per heavy atom. The molecule has 0 radical (unpaired) electrons. The van der Waals surface area contributed by atoms with Gasteiger partial charge in [0.2, 0.25) is 0 Å². The highest BCUT2D eigenvalue weighted by Gasteiger charge is 2.31. The van der Waals surface area contributed by atoms with Gasteiger partial charge in [0.1, 0.15) is 36.4 Å². The summed E-state index contributed by atoms with van der Waals surface area (Å²) in [7, 11) is 0. The first-order valence-corrected chi connectivity index (χ1v) is 49.5. The molecule has 0 saturated heterocycles. The Bertz CT molecular complexity index is 10700. The predicted octanol–water partition coefficient (Wildman–Crippen LogP) is 34.3. The monoisotopic (exact) mass is 1890 g/mol. The first-order chi connectivity index (χ1) is 73.7. The highest BCUT2D eigenvalue weighted by molar-refractivity contribution is 6.33. The van der Waals surface area contributed by atoms with Gasteiger partial charge in [-0.05, 0) is 212 Å². The highest BCUT2D eigenvalue weighted by atomic mass is 15.1. The van der Waals surface area contributed by atoms with Crippen LogP contribution in [0.1, 0.15) is 33.4 Å². The first-order valence-electron chi connectivity index (χ1n) is 49.5. The van der Waals surface area contributed by atoms with Crippen LogP contribution in [0.2, 0.25) is 0 Å². The average molecular weight is 1900 g/mol. The highest BCUT2D eigenvalue weighted by Crippen LogP contribution is 2.50.